The fourth-order valence-electron chi connectivity index (χ4n) is 4.77. The molecule has 0 amide bonds. The monoisotopic (exact) mass is 466 g/mol. The molecule has 0 aromatic carbocycles. The zero-order chi connectivity index (χ0) is 22.7. The van der Waals surface area contributed by atoms with Crippen molar-refractivity contribution in [3.63, 3.8) is 0 Å². The van der Waals surface area contributed by atoms with Crippen molar-refractivity contribution in [2.75, 3.05) is 19.7 Å². The largest absolute Gasteiger partial charge is 0.464 e. The van der Waals surface area contributed by atoms with Gasteiger partial charge in [0.15, 0.2) is 12.4 Å². The first kappa shape index (κ1) is 23.3. The van der Waals surface area contributed by atoms with E-state index in [0.717, 1.165) is 62.8 Å². The third kappa shape index (κ3) is 6.13. The predicted molar refractivity (Wildman–Crippen MR) is 119 cm³/mol. The van der Waals surface area contributed by atoms with Crippen molar-refractivity contribution in [2.45, 2.75) is 64.3 Å². The lowest BCUT2D eigenvalue weighted by Gasteiger charge is -2.31. The van der Waals surface area contributed by atoms with Crippen LogP contribution >= 0.6 is 11.3 Å². The molecule has 0 bridgehead atoms. The Hall–Kier alpha value is -1.87. The number of carbonyl (C=O) groups is 1. The third-order valence-electron chi connectivity index (χ3n) is 6.64. The lowest BCUT2D eigenvalue weighted by molar-refractivity contribution is -0.0230. The van der Waals surface area contributed by atoms with E-state index in [0.29, 0.717) is 29.1 Å². The summed E-state index contributed by atoms with van der Waals surface area (Å²) in [7, 11) is 1.82. The van der Waals surface area contributed by atoms with Gasteiger partial charge in [-0.05, 0) is 50.1 Å². The summed E-state index contributed by atoms with van der Waals surface area (Å²) in [6, 6.07) is 1.80. The molecule has 9 heteroatoms. The second-order valence-corrected chi connectivity index (χ2v) is 10.4. The minimum absolute atomic E-state index is 0.201. The van der Waals surface area contributed by atoms with Gasteiger partial charge in [-0.2, -0.15) is 5.10 Å². The van der Waals surface area contributed by atoms with Gasteiger partial charge in [0, 0.05) is 44.6 Å². The average molecular weight is 467 g/mol. The maximum atomic E-state index is 13.0. The van der Waals surface area contributed by atoms with Crippen LogP contribution in [0.2, 0.25) is 0 Å². The lowest BCUT2D eigenvalue weighted by Crippen LogP contribution is -2.32. The summed E-state index contributed by atoms with van der Waals surface area (Å²) in [6.45, 7) is 3.01. The van der Waals surface area contributed by atoms with Gasteiger partial charge in [0.1, 0.15) is 5.69 Å². The first-order valence-electron chi connectivity index (χ1n) is 11.5. The Bertz CT molecular complexity index is 915. The number of aromatic nitrogens is 3. The van der Waals surface area contributed by atoms with E-state index >= 15 is 0 Å². The predicted octanol–water partition coefficient (Wildman–Crippen LogP) is 4.74. The van der Waals surface area contributed by atoms with Crippen LogP contribution in [0.5, 0.6) is 5.19 Å². The topological polar surface area (TPSA) is 60.2 Å². The molecule has 32 heavy (non-hydrogen) atoms. The van der Waals surface area contributed by atoms with Crippen molar-refractivity contribution in [1.29, 1.82) is 0 Å². The maximum absolute atomic E-state index is 13.0. The van der Waals surface area contributed by atoms with E-state index in [1.165, 1.54) is 24.2 Å². The van der Waals surface area contributed by atoms with E-state index in [4.69, 9.17) is 4.74 Å². The van der Waals surface area contributed by atoms with E-state index in [1.807, 2.05) is 7.05 Å². The molecular weight excluding hydrogens is 434 g/mol. The number of aryl methyl sites for hydroxylation is 1. The van der Waals surface area contributed by atoms with Gasteiger partial charge < -0.3 is 4.74 Å². The Morgan fingerprint density at radius 3 is 2.72 bits per heavy atom. The molecule has 0 unspecified atom stereocenters. The molecule has 1 saturated carbocycles. The summed E-state index contributed by atoms with van der Waals surface area (Å²) in [6.07, 6.45) is 8.97. The Balaban J connectivity index is 1.18. The molecule has 1 aliphatic carbocycles. The van der Waals surface area contributed by atoms with E-state index in [-0.39, 0.29) is 5.78 Å². The minimum Gasteiger partial charge on any atom is -0.464 e. The molecule has 6 nitrogen and oxygen atoms in total. The SMILES string of the molecule is Cn1nccc1C(=O)CC1CCC(CCN2CCc3sc(OCC(C)(F)F)nc3C2)CC1. The molecule has 2 aliphatic rings. The standard InChI is InChI=1S/C23H32F2N4O2S/c1-23(24,25)15-31-22-27-18-14-29(12-9-21(18)32-22)11-8-16-3-5-17(6-4-16)13-20(30)19-7-10-26-28(19)2/h7,10,16-17H,3-6,8-9,11-15H2,1-2H3. The highest BCUT2D eigenvalue weighted by Crippen LogP contribution is 2.35. The number of halogens is 2. The van der Waals surface area contributed by atoms with Gasteiger partial charge in [0.25, 0.3) is 11.1 Å². The smallest absolute Gasteiger partial charge is 0.278 e. The van der Waals surface area contributed by atoms with E-state index in [1.54, 1.807) is 16.9 Å². The van der Waals surface area contributed by atoms with E-state index in [9.17, 15) is 13.6 Å². The zero-order valence-corrected chi connectivity index (χ0v) is 19.7. The van der Waals surface area contributed by atoms with Crippen LogP contribution in [0.4, 0.5) is 8.78 Å². The fourth-order valence-corrected chi connectivity index (χ4v) is 5.68. The fraction of sp³-hybridized carbons (Fsp3) is 0.696. The van der Waals surface area contributed by atoms with Crippen LogP contribution in [0.25, 0.3) is 0 Å². The number of nitrogens with zero attached hydrogens (tertiary/aromatic N) is 4. The Morgan fingerprint density at radius 2 is 2.03 bits per heavy atom. The highest BCUT2D eigenvalue weighted by atomic mass is 32.1. The molecule has 2 aromatic rings. The van der Waals surface area contributed by atoms with Crippen LogP contribution in [0.15, 0.2) is 12.3 Å². The van der Waals surface area contributed by atoms with Gasteiger partial charge in [-0.25, -0.2) is 13.8 Å². The number of ketones is 1. The molecule has 4 rings (SSSR count). The summed E-state index contributed by atoms with van der Waals surface area (Å²) < 4.78 is 32.9. The number of rotatable bonds is 9. The third-order valence-corrected chi connectivity index (χ3v) is 7.71. The molecule has 0 N–H and O–H groups in total. The number of alkyl halides is 2. The number of ether oxygens (including phenoxy) is 1. The van der Waals surface area contributed by atoms with Crippen molar-refractivity contribution in [1.82, 2.24) is 19.7 Å². The summed E-state index contributed by atoms with van der Waals surface area (Å²) in [5, 5.41) is 4.45. The lowest BCUT2D eigenvalue weighted by atomic mass is 9.78. The van der Waals surface area contributed by atoms with Gasteiger partial charge >= 0.3 is 0 Å². The Morgan fingerprint density at radius 1 is 1.28 bits per heavy atom. The molecule has 0 saturated heterocycles. The highest BCUT2D eigenvalue weighted by Gasteiger charge is 2.27. The van der Waals surface area contributed by atoms with Crippen molar-refractivity contribution in [3.8, 4) is 5.19 Å². The molecule has 176 valence electrons. The first-order chi connectivity index (χ1) is 15.3. The molecule has 2 aromatic heterocycles. The number of carbonyl (C=O) groups excluding carboxylic acids is 1. The molecule has 1 aliphatic heterocycles. The van der Waals surface area contributed by atoms with Crippen LogP contribution in [-0.4, -0.2) is 51.1 Å². The number of hydrogen-bond acceptors (Lipinski definition) is 6. The van der Waals surface area contributed by atoms with Gasteiger partial charge in [0.2, 0.25) is 0 Å². The normalized spacial score (nSPS) is 22.0. The second kappa shape index (κ2) is 9.95. The van der Waals surface area contributed by atoms with Crippen LogP contribution in [0.3, 0.4) is 0 Å². The number of Topliss-reactive ketones (excluding diaryl/α,β-unsaturated/α-hetero) is 1. The van der Waals surface area contributed by atoms with Crippen molar-refractivity contribution in [3.05, 3.63) is 28.5 Å². The average Bonchev–Trinajstić information content (AvgIpc) is 3.36. The minimum atomic E-state index is -2.84. The van der Waals surface area contributed by atoms with Crippen LogP contribution in [0, 0.1) is 11.8 Å². The Labute approximate surface area is 192 Å². The quantitative estimate of drug-likeness (QED) is 0.500. The highest BCUT2D eigenvalue weighted by molar-refractivity contribution is 7.13. The second-order valence-electron chi connectivity index (χ2n) is 9.38. The van der Waals surface area contributed by atoms with E-state index in [2.05, 4.69) is 15.0 Å². The molecule has 1 fully saturated rings. The summed E-state index contributed by atoms with van der Waals surface area (Å²) in [4.78, 5) is 20.5. The molecule has 0 atom stereocenters. The summed E-state index contributed by atoms with van der Waals surface area (Å²) in [5.74, 6) is -1.45. The summed E-state index contributed by atoms with van der Waals surface area (Å²) >= 11 is 1.40. The van der Waals surface area contributed by atoms with Crippen LogP contribution in [-0.2, 0) is 20.0 Å². The van der Waals surface area contributed by atoms with Gasteiger partial charge in [-0.3, -0.25) is 14.4 Å². The van der Waals surface area contributed by atoms with Gasteiger partial charge in [-0.15, -0.1) is 0 Å². The van der Waals surface area contributed by atoms with E-state index < -0.39 is 12.5 Å². The number of fused-ring (bicyclic) bond motifs is 1. The van der Waals surface area contributed by atoms with Crippen LogP contribution in [0.1, 0.15) is 66.5 Å². The van der Waals surface area contributed by atoms with Crippen molar-refractivity contribution in [2.24, 2.45) is 18.9 Å². The molecule has 0 radical (unpaired) electrons. The summed E-state index contributed by atoms with van der Waals surface area (Å²) in [5.41, 5.74) is 1.68. The Kier molecular flexibility index (Phi) is 7.24. The van der Waals surface area contributed by atoms with Crippen molar-refractivity contribution < 1.29 is 18.3 Å². The molecule has 3 heterocycles. The molecule has 0 spiro atoms. The van der Waals surface area contributed by atoms with Gasteiger partial charge in [-0.1, -0.05) is 24.2 Å². The van der Waals surface area contributed by atoms with Crippen molar-refractivity contribution >= 4 is 17.1 Å². The molecular formula is C23H32F2N4O2S. The van der Waals surface area contributed by atoms with Gasteiger partial charge in [0.05, 0.1) is 5.69 Å². The van der Waals surface area contributed by atoms with Crippen LogP contribution < -0.4 is 4.74 Å². The maximum Gasteiger partial charge on any atom is 0.278 e. The number of hydrogen-bond donors (Lipinski definition) is 0. The number of thiazole rings is 1. The zero-order valence-electron chi connectivity index (χ0n) is 18.9. The first-order valence-corrected chi connectivity index (χ1v) is 12.3.